The number of ether oxygens (including phenoxy) is 1. The van der Waals surface area contributed by atoms with Crippen LogP contribution in [0.25, 0.3) is 17.1 Å². The van der Waals surface area contributed by atoms with Gasteiger partial charge in [0.15, 0.2) is 11.0 Å². The number of halogens is 1. The predicted molar refractivity (Wildman–Crippen MR) is 121 cm³/mol. The van der Waals surface area contributed by atoms with Gasteiger partial charge in [0.2, 0.25) is 0 Å². The van der Waals surface area contributed by atoms with E-state index in [4.69, 9.17) is 4.74 Å². The smallest absolute Gasteiger partial charge is 0.316 e. The third-order valence-electron chi connectivity index (χ3n) is 3.94. The fourth-order valence-corrected chi connectivity index (χ4v) is 3.95. The Kier molecular flexibility index (Phi) is 6.49. The first-order valence-electron chi connectivity index (χ1n) is 9.27. The summed E-state index contributed by atoms with van der Waals surface area (Å²) < 4.78 is 8.42. The van der Waals surface area contributed by atoms with Crippen molar-refractivity contribution in [1.82, 2.24) is 14.8 Å². The van der Waals surface area contributed by atoms with Gasteiger partial charge < -0.3 is 4.74 Å². The van der Waals surface area contributed by atoms with Crippen molar-refractivity contribution in [2.75, 3.05) is 5.75 Å². The third-order valence-corrected chi connectivity index (χ3v) is 5.37. The van der Waals surface area contributed by atoms with Gasteiger partial charge in [0.25, 0.3) is 0 Å². The Morgan fingerprint density at radius 3 is 2.28 bits per heavy atom. The Labute approximate surface area is 184 Å². The van der Waals surface area contributed by atoms with Crippen LogP contribution in [0.15, 0.2) is 52.1 Å². The van der Waals surface area contributed by atoms with Crippen LogP contribution in [0.2, 0.25) is 0 Å². The summed E-state index contributed by atoms with van der Waals surface area (Å²) in [6, 6.07) is 14.3. The molecule has 0 fully saturated rings. The predicted octanol–water partition coefficient (Wildman–Crippen LogP) is 5.75. The molecule has 0 aliphatic rings. The zero-order valence-electron chi connectivity index (χ0n) is 17.2. The van der Waals surface area contributed by atoms with E-state index in [1.165, 1.54) is 11.8 Å². The average molecular weight is 474 g/mol. The standard InChI is InChI=1S/C22H24BrN3O2S/c1-14-10-15(2)12-18(11-14)26-20(16-6-8-17(23)9-7-16)24-25-21(26)29-13-19(27)28-22(3,4)5/h6-12H,13H2,1-5H3. The number of aryl methyl sites for hydroxylation is 2. The summed E-state index contributed by atoms with van der Waals surface area (Å²) in [5.41, 5.74) is 3.71. The van der Waals surface area contributed by atoms with Crippen LogP contribution in [0, 0.1) is 13.8 Å². The van der Waals surface area contributed by atoms with Crippen molar-refractivity contribution >= 4 is 33.7 Å². The van der Waals surface area contributed by atoms with E-state index >= 15 is 0 Å². The summed E-state index contributed by atoms with van der Waals surface area (Å²) in [6.45, 7) is 9.71. The number of aromatic nitrogens is 3. The second-order valence-electron chi connectivity index (χ2n) is 7.87. The summed E-state index contributed by atoms with van der Waals surface area (Å²) in [7, 11) is 0. The lowest BCUT2D eigenvalue weighted by Crippen LogP contribution is -2.25. The molecule has 2 aromatic carbocycles. The van der Waals surface area contributed by atoms with Crippen LogP contribution in [0.5, 0.6) is 0 Å². The highest BCUT2D eigenvalue weighted by atomic mass is 79.9. The molecular formula is C22H24BrN3O2S. The molecule has 0 unspecified atom stereocenters. The molecule has 1 aromatic heterocycles. The first kappa shape index (κ1) is 21.6. The van der Waals surface area contributed by atoms with Crippen LogP contribution in [-0.4, -0.2) is 32.1 Å². The van der Waals surface area contributed by atoms with Crippen LogP contribution in [-0.2, 0) is 9.53 Å². The highest BCUT2D eigenvalue weighted by Gasteiger charge is 2.20. The van der Waals surface area contributed by atoms with Gasteiger partial charge in [-0.2, -0.15) is 0 Å². The molecule has 1 heterocycles. The van der Waals surface area contributed by atoms with Gasteiger partial charge in [0, 0.05) is 10.0 Å². The van der Waals surface area contributed by atoms with Crippen LogP contribution in [0.3, 0.4) is 0 Å². The van der Waals surface area contributed by atoms with Crippen LogP contribution in [0.4, 0.5) is 0 Å². The number of thioether (sulfide) groups is 1. The Hall–Kier alpha value is -2.12. The molecule has 7 heteroatoms. The minimum Gasteiger partial charge on any atom is -0.459 e. The summed E-state index contributed by atoms with van der Waals surface area (Å²) in [6.07, 6.45) is 0. The summed E-state index contributed by atoms with van der Waals surface area (Å²) in [5.74, 6) is 0.623. The number of esters is 1. The van der Waals surface area contributed by atoms with E-state index in [-0.39, 0.29) is 11.7 Å². The molecule has 29 heavy (non-hydrogen) atoms. The van der Waals surface area contributed by atoms with Crippen molar-refractivity contribution in [3.05, 3.63) is 58.1 Å². The molecule has 0 aliphatic heterocycles. The first-order valence-corrected chi connectivity index (χ1v) is 11.0. The molecule has 0 bridgehead atoms. The van der Waals surface area contributed by atoms with E-state index in [1.807, 2.05) is 49.6 Å². The lowest BCUT2D eigenvalue weighted by Gasteiger charge is -2.19. The number of hydrogen-bond acceptors (Lipinski definition) is 5. The van der Waals surface area contributed by atoms with Crippen molar-refractivity contribution in [3.63, 3.8) is 0 Å². The zero-order chi connectivity index (χ0) is 21.2. The highest BCUT2D eigenvalue weighted by molar-refractivity contribution is 9.10. The number of hydrogen-bond donors (Lipinski definition) is 0. The lowest BCUT2D eigenvalue weighted by atomic mass is 10.1. The largest absolute Gasteiger partial charge is 0.459 e. The fraction of sp³-hybridized carbons (Fsp3) is 0.318. The van der Waals surface area contributed by atoms with E-state index in [0.29, 0.717) is 5.16 Å². The third kappa shape index (κ3) is 5.70. The maximum absolute atomic E-state index is 12.2. The van der Waals surface area contributed by atoms with Gasteiger partial charge in [0.05, 0.1) is 11.4 Å². The van der Waals surface area contributed by atoms with Gasteiger partial charge in [-0.3, -0.25) is 9.36 Å². The number of rotatable bonds is 5. The molecule has 0 aliphatic carbocycles. The Morgan fingerprint density at radius 2 is 1.69 bits per heavy atom. The van der Waals surface area contributed by atoms with Gasteiger partial charge in [-0.1, -0.05) is 45.9 Å². The van der Waals surface area contributed by atoms with Gasteiger partial charge >= 0.3 is 5.97 Å². The minimum atomic E-state index is -0.512. The normalized spacial score (nSPS) is 11.5. The minimum absolute atomic E-state index is 0.167. The SMILES string of the molecule is Cc1cc(C)cc(-n2c(SCC(=O)OC(C)(C)C)nnc2-c2ccc(Br)cc2)c1. The lowest BCUT2D eigenvalue weighted by molar-refractivity contribution is -0.151. The average Bonchev–Trinajstić information content (AvgIpc) is 3.02. The van der Waals surface area contributed by atoms with E-state index in [1.54, 1.807) is 0 Å². The molecule has 0 N–H and O–H groups in total. The van der Waals surface area contributed by atoms with Crippen LogP contribution >= 0.6 is 27.7 Å². The molecule has 0 atom stereocenters. The topological polar surface area (TPSA) is 57.0 Å². The molecule has 5 nitrogen and oxygen atoms in total. The van der Waals surface area contributed by atoms with Gasteiger partial charge in [0.1, 0.15) is 5.60 Å². The number of benzene rings is 2. The molecule has 0 spiro atoms. The molecule has 0 saturated heterocycles. The Bertz CT molecular complexity index is 1000. The van der Waals surface area contributed by atoms with Crippen molar-refractivity contribution < 1.29 is 9.53 Å². The van der Waals surface area contributed by atoms with E-state index in [2.05, 4.69) is 58.2 Å². The van der Waals surface area contributed by atoms with Gasteiger partial charge in [-0.25, -0.2) is 0 Å². The van der Waals surface area contributed by atoms with Crippen molar-refractivity contribution in [2.45, 2.75) is 45.4 Å². The van der Waals surface area contributed by atoms with Gasteiger partial charge in [-0.15, -0.1) is 10.2 Å². The second-order valence-corrected chi connectivity index (χ2v) is 9.73. The van der Waals surface area contributed by atoms with E-state index in [0.717, 1.165) is 32.7 Å². The molecule has 3 aromatic rings. The summed E-state index contributed by atoms with van der Waals surface area (Å²) >= 11 is 4.80. The highest BCUT2D eigenvalue weighted by Crippen LogP contribution is 2.30. The zero-order valence-corrected chi connectivity index (χ0v) is 19.6. The maximum atomic E-state index is 12.2. The van der Waals surface area contributed by atoms with Crippen LogP contribution in [0.1, 0.15) is 31.9 Å². The molecule has 152 valence electrons. The molecule has 0 radical (unpaired) electrons. The van der Waals surface area contributed by atoms with Crippen LogP contribution < -0.4 is 0 Å². The Balaban J connectivity index is 2.00. The van der Waals surface area contributed by atoms with Crippen molar-refractivity contribution in [2.24, 2.45) is 0 Å². The van der Waals surface area contributed by atoms with E-state index < -0.39 is 5.60 Å². The molecule has 3 rings (SSSR count). The number of carbonyl (C=O) groups is 1. The summed E-state index contributed by atoms with van der Waals surface area (Å²) in [5, 5.41) is 9.46. The molecule has 0 saturated carbocycles. The van der Waals surface area contributed by atoms with Gasteiger partial charge in [-0.05, 0) is 70.0 Å². The maximum Gasteiger partial charge on any atom is 0.316 e. The first-order chi connectivity index (χ1) is 13.6. The Morgan fingerprint density at radius 1 is 1.07 bits per heavy atom. The fourth-order valence-electron chi connectivity index (χ4n) is 2.96. The molecule has 0 amide bonds. The monoisotopic (exact) mass is 473 g/mol. The quantitative estimate of drug-likeness (QED) is 0.348. The van der Waals surface area contributed by atoms with E-state index in [9.17, 15) is 4.79 Å². The van der Waals surface area contributed by atoms with Crippen molar-refractivity contribution in [3.8, 4) is 17.1 Å². The second kappa shape index (κ2) is 8.71. The summed E-state index contributed by atoms with van der Waals surface area (Å²) in [4.78, 5) is 12.2. The van der Waals surface area contributed by atoms with Crippen molar-refractivity contribution in [1.29, 1.82) is 0 Å². The molecular weight excluding hydrogens is 450 g/mol. The number of nitrogens with zero attached hydrogens (tertiary/aromatic N) is 3. The number of carbonyl (C=O) groups excluding carboxylic acids is 1.